The van der Waals surface area contributed by atoms with Gasteiger partial charge in [-0.1, -0.05) is 24.6 Å². The second-order valence-electron chi connectivity index (χ2n) is 13.3. The molecule has 284 valence electrons. The maximum absolute atomic E-state index is 14.4. The number of alkyl halides is 3. The molecule has 4 atom stereocenters. The van der Waals surface area contributed by atoms with Gasteiger partial charge in [-0.2, -0.15) is 13.2 Å². The van der Waals surface area contributed by atoms with E-state index in [-0.39, 0.29) is 59.3 Å². The number of halogens is 3. The van der Waals surface area contributed by atoms with Gasteiger partial charge in [0.25, 0.3) is 15.9 Å². The van der Waals surface area contributed by atoms with Crippen molar-refractivity contribution in [3.63, 3.8) is 0 Å². The average Bonchev–Trinajstić information content (AvgIpc) is 3.09. The summed E-state index contributed by atoms with van der Waals surface area (Å²) in [6.07, 6.45) is -3.34. The van der Waals surface area contributed by atoms with Crippen LogP contribution in [-0.2, 0) is 20.9 Å². The second-order valence-corrected chi connectivity index (χ2v) is 15.0. The van der Waals surface area contributed by atoms with Crippen LogP contribution >= 0.6 is 0 Å². The monoisotopic (exact) mass is 748 g/mol. The van der Waals surface area contributed by atoms with Gasteiger partial charge in [-0.3, -0.25) is 9.52 Å². The zero-order valence-corrected chi connectivity index (χ0v) is 30.8. The van der Waals surface area contributed by atoms with Gasteiger partial charge in [0, 0.05) is 44.0 Å². The minimum atomic E-state index is -4.50. The molecule has 0 aromatic heterocycles. The van der Waals surface area contributed by atoms with E-state index in [0.717, 1.165) is 24.1 Å². The Morgan fingerprint density at radius 1 is 1.04 bits per heavy atom. The van der Waals surface area contributed by atoms with E-state index in [4.69, 9.17) is 9.47 Å². The van der Waals surface area contributed by atoms with E-state index in [0.29, 0.717) is 19.4 Å². The molecule has 11 nitrogen and oxygen atoms in total. The number of carbonyl (C=O) groups excluding carboxylic acids is 2. The van der Waals surface area contributed by atoms with Crippen molar-refractivity contribution in [3.8, 4) is 5.75 Å². The van der Waals surface area contributed by atoms with Crippen molar-refractivity contribution in [1.82, 2.24) is 9.80 Å². The summed E-state index contributed by atoms with van der Waals surface area (Å²) in [4.78, 5) is 30.4. The van der Waals surface area contributed by atoms with Crippen LogP contribution in [0.3, 0.4) is 0 Å². The van der Waals surface area contributed by atoms with E-state index in [9.17, 15) is 36.3 Å². The highest BCUT2D eigenvalue weighted by Crippen LogP contribution is 2.31. The van der Waals surface area contributed by atoms with E-state index < -0.39 is 45.8 Å². The van der Waals surface area contributed by atoms with Crippen LogP contribution in [0.2, 0.25) is 0 Å². The van der Waals surface area contributed by atoms with Gasteiger partial charge in [-0.05, 0) is 94.6 Å². The third-order valence-corrected chi connectivity index (χ3v) is 10.3. The summed E-state index contributed by atoms with van der Waals surface area (Å²) in [6.45, 7) is 7.43. The Bertz CT molecular complexity index is 1770. The predicted molar refractivity (Wildman–Crippen MR) is 192 cm³/mol. The quantitative estimate of drug-likeness (QED) is 0.231. The molecule has 1 aliphatic heterocycles. The molecular weight excluding hydrogens is 701 g/mol. The van der Waals surface area contributed by atoms with Crippen molar-refractivity contribution < 1.29 is 45.8 Å². The molecule has 1 aliphatic rings. The Balaban J connectivity index is 1.59. The number of aliphatic hydroxyl groups is 1. The summed E-state index contributed by atoms with van der Waals surface area (Å²) < 4.78 is 80.5. The van der Waals surface area contributed by atoms with Gasteiger partial charge in [-0.15, -0.1) is 0 Å². The highest BCUT2D eigenvalue weighted by Gasteiger charge is 2.32. The number of urea groups is 1. The second kappa shape index (κ2) is 17.5. The normalized spacial score (nSPS) is 19.8. The number of nitrogens with zero attached hydrogens (tertiary/aromatic N) is 2. The lowest BCUT2D eigenvalue weighted by Crippen LogP contribution is -2.48. The number of hydrogen-bond donors (Lipinski definition) is 3. The standard InChI is InChI=1S/C37H47F3N4O7S/c1-24-9-16-31(17-10-24)52(48,49)42-30-15-18-33-32(20-30)35(46)44(26(3)23-45)21-25(2)34(50-19-7-6-8-27(4)51-33)22-43(5)36(47)41-29-13-11-28(12-14-29)37(38,39)40/h9-18,20,25-27,34,42,45H,6-8,19,21-23H2,1-5H3,(H,41,47)/t25-,26+,27+,34-/m0/s1. The van der Waals surface area contributed by atoms with Crippen molar-refractivity contribution in [2.24, 2.45) is 5.92 Å². The lowest BCUT2D eigenvalue weighted by molar-refractivity contribution is -0.137. The number of ether oxygens (including phenoxy) is 2. The van der Waals surface area contributed by atoms with E-state index in [1.807, 2.05) is 20.8 Å². The van der Waals surface area contributed by atoms with Crippen LogP contribution in [-0.4, -0.2) is 86.9 Å². The predicted octanol–water partition coefficient (Wildman–Crippen LogP) is 6.77. The number of hydrogen-bond acceptors (Lipinski definition) is 7. The Hall–Kier alpha value is -4.34. The molecule has 15 heteroatoms. The van der Waals surface area contributed by atoms with Crippen LogP contribution in [0, 0.1) is 12.8 Å². The topological polar surface area (TPSA) is 138 Å². The third-order valence-electron chi connectivity index (χ3n) is 8.90. The Morgan fingerprint density at radius 2 is 1.69 bits per heavy atom. The van der Waals surface area contributed by atoms with Crippen molar-refractivity contribution >= 4 is 33.3 Å². The molecule has 0 radical (unpaired) electrons. The number of benzene rings is 3. The van der Waals surface area contributed by atoms with Crippen molar-refractivity contribution in [2.75, 3.05) is 43.4 Å². The van der Waals surface area contributed by atoms with Crippen LogP contribution in [0.1, 0.15) is 61.5 Å². The molecule has 0 spiro atoms. The molecule has 0 fully saturated rings. The number of fused-ring (bicyclic) bond motifs is 1. The number of amides is 3. The summed E-state index contributed by atoms with van der Waals surface area (Å²) in [5.74, 6) is -0.618. The Kier molecular flexibility index (Phi) is 13.6. The molecule has 1 heterocycles. The maximum Gasteiger partial charge on any atom is 0.416 e. The number of anilines is 2. The fourth-order valence-corrected chi connectivity index (χ4v) is 6.74. The zero-order valence-electron chi connectivity index (χ0n) is 29.9. The summed E-state index contributed by atoms with van der Waals surface area (Å²) in [5.41, 5.74) is 0.506. The van der Waals surface area contributed by atoms with E-state index in [1.54, 1.807) is 25.1 Å². The average molecular weight is 749 g/mol. The number of sulfonamides is 1. The van der Waals surface area contributed by atoms with E-state index >= 15 is 0 Å². The lowest BCUT2D eigenvalue weighted by Gasteiger charge is -2.35. The van der Waals surface area contributed by atoms with Crippen molar-refractivity contribution in [2.45, 2.75) is 76.3 Å². The molecule has 3 amide bonds. The van der Waals surface area contributed by atoms with Gasteiger partial charge < -0.3 is 29.7 Å². The Labute approximate surface area is 303 Å². The Morgan fingerprint density at radius 3 is 2.33 bits per heavy atom. The molecule has 0 aliphatic carbocycles. The minimum Gasteiger partial charge on any atom is -0.490 e. The SMILES string of the molecule is Cc1ccc(S(=O)(=O)Nc2ccc3c(c2)C(=O)N([C@H](C)CO)C[C@H](C)[C@H](CN(C)C(=O)Nc2ccc(C(F)(F)F)cc2)OCCCC[C@@H](C)O3)cc1. The van der Waals surface area contributed by atoms with Gasteiger partial charge >= 0.3 is 12.2 Å². The summed E-state index contributed by atoms with van der Waals surface area (Å²) >= 11 is 0. The van der Waals surface area contributed by atoms with Gasteiger partial charge in [0.05, 0.1) is 40.9 Å². The van der Waals surface area contributed by atoms with Crippen LogP contribution in [0.15, 0.2) is 71.6 Å². The first-order valence-corrected chi connectivity index (χ1v) is 18.6. The van der Waals surface area contributed by atoms with Crippen molar-refractivity contribution in [3.05, 3.63) is 83.4 Å². The summed E-state index contributed by atoms with van der Waals surface area (Å²) in [5, 5.41) is 12.8. The first-order valence-electron chi connectivity index (χ1n) is 17.1. The first-order chi connectivity index (χ1) is 24.5. The third kappa shape index (κ3) is 10.8. The largest absolute Gasteiger partial charge is 0.490 e. The molecule has 0 saturated carbocycles. The highest BCUT2D eigenvalue weighted by molar-refractivity contribution is 7.92. The van der Waals surface area contributed by atoms with Crippen LogP contribution in [0.5, 0.6) is 5.75 Å². The van der Waals surface area contributed by atoms with Crippen LogP contribution in [0.4, 0.5) is 29.3 Å². The van der Waals surface area contributed by atoms with Gasteiger partial charge in [0.1, 0.15) is 5.75 Å². The molecule has 3 N–H and O–H groups in total. The molecule has 3 aromatic rings. The van der Waals surface area contributed by atoms with Gasteiger partial charge in [0.15, 0.2) is 0 Å². The van der Waals surface area contributed by atoms with E-state index in [2.05, 4.69) is 10.0 Å². The molecular formula is C37H47F3N4O7S. The molecule has 0 unspecified atom stereocenters. The van der Waals surface area contributed by atoms with Gasteiger partial charge in [0.2, 0.25) is 0 Å². The number of aryl methyl sites for hydroxylation is 1. The molecule has 3 aromatic carbocycles. The summed E-state index contributed by atoms with van der Waals surface area (Å²) in [6, 6.07) is 13.8. The van der Waals surface area contributed by atoms with Crippen molar-refractivity contribution in [1.29, 1.82) is 0 Å². The molecule has 4 rings (SSSR count). The minimum absolute atomic E-state index is 0.0581. The fourth-order valence-electron chi connectivity index (χ4n) is 5.69. The highest BCUT2D eigenvalue weighted by atomic mass is 32.2. The first kappa shape index (κ1) is 40.4. The molecule has 0 bridgehead atoms. The number of nitrogens with one attached hydrogen (secondary N) is 2. The van der Waals surface area contributed by atoms with Crippen LogP contribution in [0.25, 0.3) is 0 Å². The van der Waals surface area contributed by atoms with E-state index in [1.165, 1.54) is 53.2 Å². The number of carbonyl (C=O) groups is 2. The zero-order chi connectivity index (χ0) is 38.2. The number of rotatable bonds is 8. The lowest BCUT2D eigenvalue weighted by atomic mass is 10.0. The van der Waals surface area contributed by atoms with Crippen LogP contribution < -0.4 is 14.8 Å². The summed E-state index contributed by atoms with van der Waals surface area (Å²) in [7, 11) is -2.45. The smallest absolute Gasteiger partial charge is 0.416 e. The number of aliphatic hydroxyl groups excluding tert-OH is 1. The fraction of sp³-hybridized carbons (Fsp3) is 0.459. The number of likely N-dealkylation sites (N-methyl/N-ethyl adjacent to an activating group) is 1. The molecule has 0 saturated heterocycles. The van der Waals surface area contributed by atoms with Gasteiger partial charge in [-0.25, -0.2) is 13.2 Å². The maximum atomic E-state index is 14.4. The molecule has 52 heavy (non-hydrogen) atoms.